The monoisotopic (exact) mass is 349 g/mol. The first kappa shape index (κ1) is 15.2. The lowest BCUT2D eigenvalue weighted by molar-refractivity contribution is -0.123. The average molecular weight is 350 g/mol. The van der Waals surface area contributed by atoms with Gasteiger partial charge in [-0.05, 0) is 56.7 Å². The zero-order chi connectivity index (χ0) is 16.5. The van der Waals surface area contributed by atoms with E-state index in [9.17, 15) is 9.59 Å². The molecular weight excluding hydrogens is 333 g/mol. The van der Waals surface area contributed by atoms with E-state index in [0.717, 1.165) is 12.8 Å². The molecule has 2 amide bonds. The quantitative estimate of drug-likeness (QED) is 0.553. The van der Waals surface area contributed by atoms with Gasteiger partial charge in [-0.1, -0.05) is 34.3 Å². The molecule has 0 radical (unpaired) electrons. The van der Waals surface area contributed by atoms with Crippen LogP contribution in [0.5, 0.6) is 0 Å². The number of hydrogen-bond donors (Lipinski definition) is 0. The molecule has 1 aliphatic heterocycles. The lowest BCUT2D eigenvalue weighted by atomic mass is 9.81. The van der Waals surface area contributed by atoms with E-state index in [-0.39, 0.29) is 35.5 Å². The lowest BCUT2D eigenvalue weighted by Crippen LogP contribution is -2.33. The van der Waals surface area contributed by atoms with Crippen molar-refractivity contribution in [2.75, 3.05) is 4.90 Å². The first-order chi connectivity index (χ1) is 10.9. The van der Waals surface area contributed by atoms with Crippen LogP contribution >= 0.6 is 23.2 Å². The van der Waals surface area contributed by atoms with E-state index in [1.165, 1.54) is 16.0 Å². The molecule has 3 aliphatic rings. The lowest BCUT2D eigenvalue weighted by Gasteiger charge is -2.19. The number of halogens is 2. The first-order valence-corrected chi connectivity index (χ1v) is 8.67. The van der Waals surface area contributed by atoms with Crippen molar-refractivity contribution < 1.29 is 9.59 Å². The number of imide groups is 1. The van der Waals surface area contributed by atoms with Crippen molar-refractivity contribution in [3.63, 3.8) is 0 Å². The van der Waals surface area contributed by atoms with Gasteiger partial charge in [-0.15, -0.1) is 0 Å². The highest BCUT2D eigenvalue weighted by Crippen LogP contribution is 2.60. The van der Waals surface area contributed by atoms with Crippen molar-refractivity contribution >= 4 is 40.7 Å². The van der Waals surface area contributed by atoms with E-state index in [2.05, 4.69) is 13.8 Å². The molecule has 0 aromatic heterocycles. The Labute approximate surface area is 145 Å². The Hall–Kier alpha value is -1.32. The Morgan fingerprint density at radius 3 is 1.87 bits per heavy atom. The minimum absolute atomic E-state index is 0.0933. The highest BCUT2D eigenvalue weighted by atomic mass is 35.5. The number of fused-ring (bicyclic) bond motifs is 5. The summed E-state index contributed by atoms with van der Waals surface area (Å²) < 4.78 is 0. The van der Waals surface area contributed by atoms with Gasteiger partial charge in [0.05, 0.1) is 17.5 Å². The average Bonchev–Trinajstić information content (AvgIpc) is 3.08. The third-order valence-corrected chi connectivity index (χ3v) is 5.97. The van der Waals surface area contributed by atoms with Crippen LogP contribution in [0, 0.1) is 23.7 Å². The third kappa shape index (κ3) is 2.03. The standard InChI is InChI=1S/C18H17Cl2NO2/c1-8(2)14-12-3-4-13(14)16-15(12)17(22)21(18(16)23)11-6-9(19)5-10(20)7-11/h5-7,12-13,15-16H,3-4H2,1-2H3/t12?,13?,15-,16?/m0/s1. The maximum Gasteiger partial charge on any atom is 0.238 e. The summed E-state index contributed by atoms with van der Waals surface area (Å²) in [6, 6.07) is 4.87. The van der Waals surface area contributed by atoms with Gasteiger partial charge < -0.3 is 0 Å². The number of carbonyl (C=O) groups is 2. The van der Waals surface area contributed by atoms with E-state index in [1.54, 1.807) is 18.2 Å². The van der Waals surface area contributed by atoms with Crippen LogP contribution in [0.1, 0.15) is 26.7 Å². The maximum absolute atomic E-state index is 13.0. The van der Waals surface area contributed by atoms with E-state index < -0.39 is 0 Å². The van der Waals surface area contributed by atoms with Crippen LogP contribution in [0.15, 0.2) is 29.3 Å². The molecule has 3 nitrogen and oxygen atoms in total. The van der Waals surface area contributed by atoms with Gasteiger partial charge in [0.1, 0.15) is 0 Å². The topological polar surface area (TPSA) is 37.4 Å². The summed E-state index contributed by atoms with van der Waals surface area (Å²) in [6.07, 6.45) is 2.02. The molecule has 1 saturated heterocycles. The second kappa shape index (κ2) is 5.09. The van der Waals surface area contributed by atoms with E-state index in [0.29, 0.717) is 15.7 Å². The number of benzene rings is 1. The molecule has 3 unspecified atom stereocenters. The molecule has 1 aromatic carbocycles. The predicted molar refractivity (Wildman–Crippen MR) is 90.5 cm³/mol. The number of nitrogens with zero attached hydrogens (tertiary/aromatic N) is 1. The van der Waals surface area contributed by atoms with Crippen LogP contribution in [-0.2, 0) is 9.59 Å². The Balaban J connectivity index is 1.77. The number of rotatable bonds is 1. The van der Waals surface area contributed by atoms with E-state index in [4.69, 9.17) is 23.2 Å². The Bertz CT molecular complexity index is 714. The van der Waals surface area contributed by atoms with Gasteiger partial charge >= 0.3 is 0 Å². The zero-order valence-electron chi connectivity index (χ0n) is 13.0. The number of carbonyl (C=O) groups excluding carboxylic acids is 2. The van der Waals surface area contributed by atoms with Crippen LogP contribution in [0.4, 0.5) is 5.69 Å². The molecule has 2 bridgehead atoms. The highest BCUT2D eigenvalue weighted by molar-refractivity contribution is 6.35. The first-order valence-electron chi connectivity index (χ1n) is 7.91. The van der Waals surface area contributed by atoms with Crippen molar-refractivity contribution in [2.24, 2.45) is 23.7 Å². The summed E-state index contributed by atoms with van der Waals surface area (Å²) in [5.41, 5.74) is 3.11. The van der Waals surface area contributed by atoms with Crippen molar-refractivity contribution in [1.29, 1.82) is 0 Å². The largest absolute Gasteiger partial charge is 0.274 e. The van der Waals surface area contributed by atoms with Gasteiger partial charge in [-0.25, -0.2) is 4.90 Å². The summed E-state index contributed by atoms with van der Waals surface area (Å²) in [5.74, 6) is -0.140. The fraction of sp³-hybridized carbons (Fsp3) is 0.444. The molecule has 23 heavy (non-hydrogen) atoms. The molecule has 2 saturated carbocycles. The van der Waals surface area contributed by atoms with Crippen molar-refractivity contribution in [2.45, 2.75) is 26.7 Å². The molecule has 0 N–H and O–H groups in total. The molecule has 4 atom stereocenters. The molecular formula is C18H17Cl2NO2. The second-order valence-corrected chi connectivity index (χ2v) is 7.81. The van der Waals surface area contributed by atoms with E-state index >= 15 is 0 Å². The van der Waals surface area contributed by atoms with Gasteiger partial charge in [0.15, 0.2) is 0 Å². The molecule has 5 heteroatoms. The number of hydrogen-bond acceptors (Lipinski definition) is 2. The molecule has 120 valence electrons. The molecule has 0 spiro atoms. The Kier molecular flexibility index (Phi) is 3.37. The predicted octanol–water partition coefficient (Wildman–Crippen LogP) is 4.48. The number of anilines is 1. The molecule has 4 rings (SSSR count). The van der Waals surface area contributed by atoms with Gasteiger partial charge in [-0.3, -0.25) is 9.59 Å². The van der Waals surface area contributed by atoms with Crippen LogP contribution in [0.25, 0.3) is 0 Å². The van der Waals surface area contributed by atoms with Gasteiger partial charge in [0.25, 0.3) is 0 Å². The van der Waals surface area contributed by atoms with Crippen LogP contribution in [0.2, 0.25) is 10.0 Å². The van der Waals surface area contributed by atoms with Crippen LogP contribution in [0.3, 0.4) is 0 Å². The SMILES string of the molecule is CC(C)=C1C2CCC1[C@@H]1C(=O)N(c3cc(Cl)cc(Cl)c3)C(=O)C21. The fourth-order valence-electron chi connectivity index (χ4n) is 4.91. The van der Waals surface area contributed by atoms with Crippen LogP contribution < -0.4 is 4.90 Å². The fourth-order valence-corrected chi connectivity index (χ4v) is 5.43. The molecule has 2 aliphatic carbocycles. The number of allylic oxidation sites excluding steroid dienone is 2. The highest BCUT2D eigenvalue weighted by Gasteiger charge is 2.63. The zero-order valence-corrected chi connectivity index (χ0v) is 14.5. The second-order valence-electron chi connectivity index (χ2n) is 6.94. The van der Waals surface area contributed by atoms with Crippen molar-refractivity contribution in [3.05, 3.63) is 39.4 Å². The summed E-state index contributed by atoms with van der Waals surface area (Å²) in [5, 5.41) is 0.858. The third-order valence-electron chi connectivity index (χ3n) is 5.54. The molecule has 1 heterocycles. The molecule has 3 fully saturated rings. The van der Waals surface area contributed by atoms with Crippen molar-refractivity contribution in [1.82, 2.24) is 0 Å². The summed E-state index contributed by atoms with van der Waals surface area (Å²) in [6.45, 7) is 4.18. The van der Waals surface area contributed by atoms with E-state index in [1.807, 2.05) is 0 Å². The minimum atomic E-state index is -0.205. The summed E-state index contributed by atoms with van der Waals surface area (Å²) >= 11 is 12.1. The number of amides is 2. The Morgan fingerprint density at radius 2 is 1.43 bits per heavy atom. The van der Waals surface area contributed by atoms with Crippen LogP contribution in [-0.4, -0.2) is 11.8 Å². The summed E-state index contributed by atoms with van der Waals surface area (Å²) in [7, 11) is 0. The maximum atomic E-state index is 13.0. The Morgan fingerprint density at radius 1 is 0.957 bits per heavy atom. The smallest absolute Gasteiger partial charge is 0.238 e. The summed E-state index contributed by atoms with van der Waals surface area (Å²) in [4.78, 5) is 27.3. The van der Waals surface area contributed by atoms with Gasteiger partial charge in [0, 0.05) is 10.0 Å². The van der Waals surface area contributed by atoms with Crippen molar-refractivity contribution in [3.8, 4) is 0 Å². The van der Waals surface area contributed by atoms with Gasteiger partial charge in [-0.2, -0.15) is 0 Å². The normalized spacial score (nSPS) is 32.0. The molecule has 1 aromatic rings. The van der Waals surface area contributed by atoms with Gasteiger partial charge in [0.2, 0.25) is 11.8 Å². The minimum Gasteiger partial charge on any atom is -0.274 e.